The average molecular weight is 433 g/mol. The molecule has 0 unspecified atom stereocenters. The zero-order valence-electron chi connectivity index (χ0n) is 19.5. The van der Waals surface area contributed by atoms with E-state index in [1.165, 1.54) is 56.9 Å². The maximum atomic E-state index is 13.9. The van der Waals surface area contributed by atoms with Crippen LogP contribution in [0.3, 0.4) is 0 Å². The van der Waals surface area contributed by atoms with E-state index in [1.807, 2.05) is 13.8 Å². The lowest BCUT2D eigenvalue weighted by molar-refractivity contribution is 0.299. The summed E-state index contributed by atoms with van der Waals surface area (Å²) < 4.78 is 28.7. The number of rotatable bonds is 6. The molecule has 0 amide bonds. The first-order valence-electron chi connectivity index (χ1n) is 10.9. The van der Waals surface area contributed by atoms with Gasteiger partial charge in [0.1, 0.15) is 23.1 Å². The molecule has 3 rings (SSSR count). The molecule has 3 aromatic rings. The van der Waals surface area contributed by atoms with Crippen LogP contribution in [0.25, 0.3) is 16.7 Å². The number of fused-ring (bicyclic) bond motifs is 1. The predicted octanol–water partition coefficient (Wildman–Crippen LogP) is 5.52. The number of hydrogen-bond donors (Lipinski definition) is 0. The SMILES string of the molecule is CC.CCCCN(CC)CC.Cc1ncc2ccc(=O)n(-c3c(F)cccc3F)c2n1. The summed E-state index contributed by atoms with van der Waals surface area (Å²) in [4.78, 5) is 22.6. The molecule has 0 spiro atoms. The molecule has 31 heavy (non-hydrogen) atoms. The Labute approximate surface area is 183 Å². The molecule has 7 heteroatoms. The van der Waals surface area contributed by atoms with E-state index in [-0.39, 0.29) is 5.65 Å². The third kappa shape index (κ3) is 7.21. The van der Waals surface area contributed by atoms with Crippen molar-refractivity contribution in [2.24, 2.45) is 0 Å². The highest BCUT2D eigenvalue weighted by Gasteiger charge is 2.15. The van der Waals surface area contributed by atoms with Gasteiger partial charge in [-0.2, -0.15) is 0 Å². The molecular weight excluding hydrogens is 398 g/mol. The molecule has 2 aromatic heterocycles. The van der Waals surface area contributed by atoms with Crippen LogP contribution < -0.4 is 5.56 Å². The zero-order chi connectivity index (χ0) is 23.4. The molecule has 0 radical (unpaired) electrons. The molecule has 0 bridgehead atoms. The van der Waals surface area contributed by atoms with E-state index in [4.69, 9.17) is 0 Å². The third-order valence-corrected chi connectivity index (χ3v) is 4.64. The van der Waals surface area contributed by atoms with Crippen LogP contribution in [-0.4, -0.2) is 39.1 Å². The molecule has 170 valence electrons. The second-order valence-electron chi connectivity index (χ2n) is 6.65. The standard InChI is InChI=1S/C14H9F2N3O.C8H19N.C2H6/c1-8-17-7-9-5-6-12(20)19(14(9)18-8)13-10(15)3-2-4-11(13)16;1-4-7-8-9(5-2)6-3;1-2/h2-7H,1H3;4-8H2,1-3H3;1-2H3. The average Bonchev–Trinajstić information content (AvgIpc) is 2.77. The monoisotopic (exact) mass is 432 g/mol. The molecule has 0 aliphatic carbocycles. The van der Waals surface area contributed by atoms with Crippen LogP contribution in [-0.2, 0) is 0 Å². The molecular formula is C24H34F2N4O. The molecule has 5 nitrogen and oxygen atoms in total. The summed E-state index contributed by atoms with van der Waals surface area (Å²) in [5, 5.41) is 0.526. The highest BCUT2D eigenvalue weighted by atomic mass is 19.1. The highest BCUT2D eigenvalue weighted by molar-refractivity contribution is 5.75. The summed E-state index contributed by atoms with van der Waals surface area (Å²) in [6.07, 6.45) is 4.17. The third-order valence-electron chi connectivity index (χ3n) is 4.64. The summed E-state index contributed by atoms with van der Waals surface area (Å²) >= 11 is 0. The van der Waals surface area contributed by atoms with Gasteiger partial charge >= 0.3 is 0 Å². The Morgan fingerprint density at radius 3 is 2.16 bits per heavy atom. The van der Waals surface area contributed by atoms with Gasteiger partial charge < -0.3 is 4.90 Å². The van der Waals surface area contributed by atoms with Crippen LogP contribution in [0.4, 0.5) is 8.78 Å². The van der Waals surface area contributed by atoms with E-state index < -0.39 is 22.9 Å². The molecule has 0 saturated carbocycles. The van der Waals surface area contributed by atoms with Gasteiger partial charge in [0.15, 0.2) is 5.65 Å². The number of hydrogen-bond acceptors (Lipinski definition) is 4. The zero-order valence-corrected chi connectivity index (χ0v) is 19.5. The van der Waals surface area contributed by atoms with Crippen LogP contribution >= 0.6 is 0 Å². The van der Waals surface area contributed by atoms with Crippen LogP contribution in [0.15, 0.2) is 41.3 Å². The molecule has 1 aromatic carbocycles. The fraction of sp³-hybridized carbons (Fsp3) is 0.458. The molecule has 2 heterocycles. The highest BCUT2D eigenvalue weighted by Crippen LogP contribution is 2.19. The molecule has 0 aliphatic heterocycles. The number of halogens is 2. The molecule has 0 N–H and O–H groups in total. The number of nitrogens with zero attached hydrogens (tertiary/aromatic N) is 4. The molecule has 0 fully saturated rings. The Hall–Kier alpha value is -2.67. The predicted molar refractivity (Wildman–Crippen MR) is 124 cm³/mol. The second kappa shape index (κ2) is 13.6. The maximum Gasteiger partial charge on any atom is 0.256 e. The van der Waals surface area contributed by atoms with Crippen molar-refractivity contribution >= 4 is 11.0 Å². The first-order valence-corrected chi connectivity index (χ1v) is 10.9. The van der Waals surface area contributed by atoms with Gasteiger partial charge in [-0.05, 0) is 51.2 Å². The molecule has 0 saturated heterocycles. The summed E-state index contributed by atoms with van der Waals surface area (Å²) in [5.74, 6) is -1.24. The smallest absolute Gasteiger partial charge is 0.256 e. The van der Waals surface area contributed by atoms with Crippen molar-refractivity contribution < 1.29 is 8.78 Å². The van der Waals surface area contributed by atoms with Gasteiger partial charge in [-0.1, -0.05) is 47.1 Å². The van der Waals surface area contributed by atoms with E-state index in [1.54, 1.807) is 6.92 Å². The maximum absolute atomic E-state index is 13.9. The Bertz CT molecular complexity index is 980. The van der Waals surface area contributed by atoms with Crippen molar-refractivity contribution in [2.45, 2.75) is 54.4 Å². The van der Waals surface area contributed by atoms with Crippen LogP contribution in [0.1, 0.15) is 53.3 Å². The number of pyridine rings is 1. The Balaban J connectivity index is 0.000000372. The normalized spacial score (nSPS) is 10.4. The Morgan fingerprint density at radius 2 is 1.61 bits per heavy atom. The van der Waals surface area contributed by atoms with E-state index >= 15 is 0 Å². The lowest BCUT2D eigenvalue weighted by atomic mass is 10.2. The Morgan fingerprint density at radius 1 is 1.00 bits per heavy atom. The summed E-state index contributed by atoms with van der Waals surface area (Å²) in [6.45, 7) is 16.0. The number of unbranched alkanes of at least 4 members (excludes halogenated alkanes) is 1. The largest absolute Gasteiger partial charge is 0.304 e. The summed E-state index contributed by atoms with van der Waals surface area (Å²) in [6, 6.07) is 6.18. The van der Waals surface area contributed by atoms with Gasteiger partial charge in [-0.25, -0.2) is 18.7 Å². The molecule has 0 aliphatic rings. The van der Waals surface area contributed by atoms with Gasteiger partial charge in [-0.15, -0.1) is 0 Å². The van der Waals surface area contributed by atoms with E-state index in [0.29, 0.717) is 11.2 Å². The minimum absolute atomic E-state index is 0.175. The van der Waals surface area contributed by atoms with Gasteiger partial charge in [-0.3, -0.25) is 9.36 Å². The minimum Gasteiger partial charge on any atom is -0.304 e. The van der Waals surface area contributed by atoms with Crippen molar-refractivity contribution in [3.05, 3.63) is 64.3 Å². The fourth-order valence-corrected chi connectivity index (χ4v) is 2.94. The fourth-order valence-electron chi connectivity index (χ4n) is 2.94. The van der Waals surface area contributed by atoms with Gasteiger partial charge in [0.2, 0.25) is 0 Å². The molecule has 0 atom stereocenters. The summed E-state index contributed by atoms with van der Waals surface area (Å²) in [5.41, 5.74) is -0.810. The van der Waals surface area contributed by atoms with Crippen LogP contribution in [0, 0.1) is 18.6 Å². The van der Waals surface area contributed by atoms with Crippen molar-refractivity contribution in [1.29, 1.82) is 0 Å². The van der Waals surface area contributed by atoms with Crippen LogP contribution in [0.2, 0.25) is 0 Å². The van der Waals surface area contributed by atoms with Crippen LogP contribution in [0.5, 0.6) is 0 Å². The van der Waals surface area contributed by atoms with Crippen molar-refractivity contribution in [3.63, 3.8) is 0 Å². The topological polar surface area (TPSA) is 51.0 Å². The number of para-hydroxylation sites is 1. The number of aryl methyl sites for hydroxylation is 1. The van der Waals surface area contributed by atoms with Crippen molar-refractivity contribution in [1.82, 2.24) is 19.4 Å². The van der Waals surface area contributed by atoms with E-state index in [0.717, 1.165) is 16.7 Å². The van der Waals surface area contributed by atoms with Crippen molar-refractivity contribution in [3.8, 4) is 5.69 Å². The van der Waals surface area contributed by atoms with Gasteiger partial charge in [0, 0.05) is 17.6 Å². The van der Waals surface area contributed by atoms with Crippen molar-refractivity contribution in [2.75, 3.05) is 19.6 Å². The lowest BCUT2D eigenvalue weighted by Gasteiger charge is -2.16. The lowest BCUT2D eigenvalue weighted by Crippen LogP contribution is -2.23. The number of aromatic nitrogens is 3. The first kappa shape index (κ1) is 26.4. The second-order valence-corrected chi connectivity index (χ2v) is 6.65. The quantitative estimate of drug-likeness (QED) is 0.514. The minimum atomic E-state index is -0.823. The van der Waals surface area contributed by atoms with E-state index in [2.05, 4.69) is 35.6 Å². The van der Waals surface area contributed by atoms with Gasteiger partial charge in [0.05, 0.1) is 0 Å². The summed E-state index contributed by atoms with van der Waals surface area (Å²) in [7, 11) is 0. The Kier molecular flexibility index (Phi) is 11.6. The first-order chi connectivity index (χ1) is 14.9. The van der Waals surface area contributed by atoms with E-state index in [9.17, 15) is 13.6 Å². The van der Waals surface area contributed by atoms with Gasteiger partial charge in [0.25, 0.3) is 5.56 Å². The number of benzene rings is 1.